The monoisotopic (exact) mass is 397 g/mol. The molecule has 1 aliphatic heterocycles. The second kappa shape index (κ2) is 6.72. The first-order chi connectivity index (χ1) is 8.63. The molecule has 2 rings (SSSR count). The lowest BCUT2D eigenvalue weighted by atomic mass is 10.2. The number of thioether (sulfide) groups is 1. The summed E-state index contributed by atoms with van der Waals surface area (Å²) in [6, 6.07) is 0.300. The summed E-state index contributed by atoms with van der Waals surface area (Å²) in [6.45, 7) is 3.25. The molecule has 1 aliphatic rings. The maximum absolute atomic E-state index is 6.24. The first-order valence-electron chi connectivity index (χ1n) is 6.13. The van der Waals surface area contributed by atoms with Crippen LogP contribution < -0.4 is 0 Å². The number of halogens is 2. The predicted molar refractivity (Wildman–Crippen MR) is 86.5 cm³/mol. The number of aromatic nitrogens is 2. The Morgan fingerprint density at radius 1 is 1.50 bits per heavy atom. The molecule has 0 amide bonds. The van der Waals surface area contributed by atoms with Crippen LogP contribution in [-0.2, 0) is 6.42 Å². The Bertz CT molecular complexity index is 430. The van der Waals surface area contributed by atoms with E-state index in [0.717, 1.165) is 40.2 Å². The van der Waals surface area contributed by atoms with E-state index in [2.05, 4.69) is 46.4 Å². The molecule has 100 valence electrons. The molecule has 1 fully saturated rings. The van der Waals surface area contributed by atoms with Crippen LogP contribution in [0.15, 0.2) is 0 Å². The Morgan fingerprint density at radius 3 is 2.94 bits per heavy atom. The van der Waals surface area contributed by atoms with Gasteiger partial charge in [-0.05, 0) is 36.1 Å². The van der Waals surface area contributed by atoms with Crippen molar-refractivity contribution in [3.8, 4) is 0 Å². The fourth-order valence-corrected chi connectivity index (χ4v) is 3.91. The minimum atomic E-state index is 0.300. The molecule has 1 atom stereocenters. The molecule has 6 heteroatoms. The molecule has 0 saturated carbocycles. The smallest absolute Gasteiger partial charge is 0.148 e. The molecular formula is C12H17ClIN3S. The minimum Gasteiger partial charge on any atom is -0.295 e. The van der Waals surface area contributed by atoms with E-state index in [4.69, 9.17) is 16.6 Å². The van der Waals surface area contributed by atoms with Gasteiger partial charge in [-0.15, -0.1) is 0 Å². The normalized spacial score (nSPS) is 21.2. The molecule has 18 heavy (non-hydrogen) atoms. The summed E-state index contributed by atoms with van der Waals surface area (Å²) in [7, 11) is 2.14. The lowest BCUT2D eigenvalue weighted by Crippen LogP contribution is -2.34. The lowest BCUT2D eigenvalue weighted by Gasteiger charge is -2.31. The predicted octanol–water partition coefficient (Wildman–Crippen LogP) is 3.41. The Morgan fingerprint density at radius 2 is 2.28 bits per heavy atom. The zero-order valence-corrected chi connectivity index (χ0v) is 14.3. The van der Waals surface area contributed by atoms with Gasteiger partial charge in [0.25, 0.3) is 0 Å². The number of nitrogens with zero attached hydrogens (tertiary/aromatic N) is 3. The van der Waals surface area contributed by atoms with Gasteiger partial charge < -0.3 is 0 Å². The largest absolute Gasteiger partial charge is 0.295 e. The van der Waals surface area contributed by atoms with Gasteiger partial charge in [-0.2, -0.15) is 11.8 Å². The van der Waals surface area contributed by atoms with Gasteiger partial charge in [0.15, 0.2) is 0 Å². The van der Waals surface area contributed by atoms with Crippen LogP contribution in [0.2, 0.25) is 5.15 Å². The van der Waals surface area contributed by atoms with Crippen molar-refractivity contribution in [1.29, 1.82) is 0 Å². The van der Waals surface area contributed by atoms with E-state index in [9.17, 15) is 0 Å². The zero-order chi connectivity index (χ0) is 13.1. The van der Waals surface area contributed by atoms with E-state index in [-0.39, 0.29) is 0 Å². The van der Waals surface area contributed by atoms with Gasteiger partial charge in [0.2, 0.25) is 0 Å². The van der Waals surface area contributed by atoms with Crippen LogP contribution >= 0.6 is 46.0 Å². The third kappa shape index (κ3) is 3.29. The lowest BCUT2D eigenvalue weighted by molar-refractivity contribution is 0.264. The summed E-state index contributed by atoms with van der Waals surface area (Å²) >= 11 is 10.4. The van der Waals surface area contributed by atoms with Crippen LogP contribution in [0.5, 0.6) is 0 Å². The van der Waals surface area contributed by atoms with Crippen molar-refractivity contribution >= 4 is 46.0 Å². The Hall–Kier alpha value is 0.410. The highest BCUT2D eigenvalue weighted by atomic mass is 127. The second-order valence-corrected chi connectivity index (χ2v) is 7.04. The zero-order valence-electron chi connectivity index (χ0n) is 10.6. The number of hydrogen-bond donors (Lipinski definition) is 0. The van der Waals surface area contributed by atoms with Gasteiger partial charge in [-0.3, -0.25) is 4.90 Å². The topological polar surface area (TPSA) is 29.0 Å². The molecule has 3 nitrogen and oxygen atoms in total. The number of aryl methyl sites for hydroxylation is 1. The maximum Gasteiger partial charge on any atom is 0.148 e. The molecule has 0 radical (unpaired) electrons. The highest BCUT2D eigenvalue weighted by Crippen LogP contribution is 2.29. The maximum atomic E-state index is 6.24. The highest BCUT2D eigenvalue weighted by molar-refractivity contribution is 14.1. The molecule has 1 aromatic rings. The van der Waals surface area contributed by atoms with E-state index in [1.165, 1.54) is 5.75 Å². The molecule has 0 aromatic carbocycles. The van der Waals surface area contributed by atoms with E-state index < -0.39 is 0 Å². The van der Waals surface area contributed by atoms with Crippen molar-refractivity contribution in [1.82, 2.24) is 14.9 Å². The van der Waals surface area contributed by atoms with Crippen LogP contribution in [0.4, 0.5) is 0 Å². The van der Waals surface area contributed by atoms with Crippen molar-refractivity contribution in [3.05, 3.63) is 20.2 Å². The van der Waals surface area contributed by atoms with Crippen molar-refractivity contribution in [2.45, 2.75) is 25.8 Å². The minimum absolute atomic E-state index is 0.300. The van der Waals surface area contributed by atoms with Crippen LogP contribution in [0, 0.1) is 3.57 Å². The molecule has 1 saturated heterocycles. The summed E-state index contributed by atoms with van der Waals surface area (Å²) in [5, 5.41) is 0.605. The molecule has 1 aromatic heterocycles. The van der Waals surface area contributed by atoms with Gasteiger partial charge in [-0.25, -0.2) is 9.97 Å². The summed E-state index contributed by atoms with van der Waals surface area (Å²) in [6.07, 6.45) is 2.05. The van der Waals surface area contributed by atoms with Gasteiger partial charge in [0, 0.05) is 18.1 Å². The van der Waals surface area contributed by atoms with Crippen molar-refractivity contribution < 1.29 is 0 Å². The fraction of sp³-hybridized carbons (Fsp3) is 0.667. The molecular weight excluding hydrogens is 381 g/mol. The van der Waals surface area contributed by atoms with Crippen LogP contribution in [0.25, 0.3) is 0 Å². The molecule has 1 unspecified atom stereocenters. The standard InChI is InChI=1S/C12H17ClIN3S/c1-3-4-8-10(14)11(13)16-12(15-8)9-7-18-6-5-17(9)2/h9H,3-7H2,1-2H3. The van der Waals surface area contributed by atoms with Gasteiger partial charge in [0.05, 0.1) is 15.3 Å². The Kier molecular flexibility index (Phi) is 5.53. The second-order valence-electron chi connectivity index (χ2n) is 4.45. The molecule has 0 bridgehead atoms. The summed E-state index contributed by atoms with van der Waals surface area (Å²) in [5.74, 6) is 3.13. The summed E-state index contributed by atoms with van der Waals surface area (Å²) in [5.41, 5.74) is 1.09. The first-order valence-corrected chi connectivity index (χ1v) is 8.74. The molecule has 0 aliphatic carbocycles. The molecule has 0 spiro atoms. The van der Waals surface area contributed by atoms with Gasteiger partial charge in [0.1, 0.15) is 11.0 Å². The number of hydrogen-bond acceptors (Lipinski definition) is 4. The average molecular weight is 398 g/mol. The van der Waals surface area contributed by atoms with Crippen molar-refractivity contribution in [2.75, 3.05) is 25.1 Å². The Labute approximate surface area is 131 Å². The fourth-order valence-electron chi connectivity index (χ4n) is 1.99. The van der Waals surface area contributed by atoms with E-state index in [1.54, 1.807) is 0 Å². The van der Waals surface area contributed by atoms with Crippen LogP contribution in [0.3, 0.4) is 0 Å². The molecule has 0 N–H and O–H groups in total. The Balaban J connectivity index is 2.32. The van der Waals surface area contributed by atoms with Crippen molar-refractivity contribution in [3.63, 3.8) is 0 Å². The van der Waals surface area contributed by atoms with Crippen LogP contribution in [0.1, 0.15) is 30.9 Å². The van der Waals surface area contributed by atoms with Crippen molar-refractivity contribution in [2.24, 2.45) is 0 Å². The van der Waals surface area contributed by atoms with Gasteiger partial charge in [-0.1, -0.05) is 24.9 Å². The third-order valence-electron chi connectivity index (χ3n) is 3.08. The van der Waals surface area contributed by atoms with E-state index in [1.807, 2.05) is 11.8 Å². The highest BCUT2D eigenvalue weighted by Gasteiger charge is 2.25. The summed E-state index contributed by atoms with van der Waals surface area (Å²) < 4.78 is 1.01. The van der Waals surface area contributed by atoms with Gasteiger partial charge >= 0.3 is 0 Å². The first kappa shape index (κ1) is 14.8. The van der Waals surface area contributed by atoms with E-state index in [0.29, 0.717) is 11.2 Å². The SMILES string of the molecule is CCCc1nc(C2CSCCN2C)nc(Cl)c1I. The third-order valence-corrected chi connectivity index (χ3v) is 5.83. The average Bonchev–Trinajstić information content (AvgIpc) is 2.35. The quantitative estimate of drug-likeness (QED) is 0.577. The number of rotatable bonds is 3. The molecule has 2 heterocycles. The van der Waals surface area contributed by atoms with E-state index >= 15 is 0 Å². The summed E-state index contributed by atoms with van der Waals surface area (Å²) in [4.78, 5) is 11.5. The van der Waals surface area contributed by atoms with Crippen LogP contribution in [-0.4, -0.2) is 40.0 Å².